The average Bonchev–Trinajstić information content (AvgIpc) is 2.78. The summed E-state index contributed by atoms with van der Waals surface area (Å²) in [6.07, 6.45) is 3.20. The molecule has 2 aliphatic rings. The van der Waals surface area contributed by atoms with Crippen molar-refractivity contribution in [3.8, 4) is 0 Å². The first-order valence-electron chi connectivity index (χ1n) is 4.46. The summed E-state index contributed by atoms with van der Waals surface area (Å²) >= 11 is 0. The Morgan fingerprint density at radius 1 is 1.67 bits per heavy atom. The maximum Gasteiger partial charge on any atom is 0.228 e. The van der Waals surface area contributed by atoms with Crippen molar-refractivity contribution >= 4 is 5.91 Å². The number of carbonyl (C=O) groups excluding carboxylic acids is 1. The summed E-state index contributed by atoms with van der Waals surface area (Å²) in [5.74, 6) is 0.338. The Bertz CT molecular complexity index is 211. The Morgan fingerprint density at radius 3 is 2.75 bits per heavy atom. The van der Waals surface area contributed by atoms with E-state index in [9.17, 15) is 4.79 Å². The molecular formula is C9H15NO2. The van der Waals surface area contributed by atoms with E-state index in [1.54, 1.807) is 7.11 Å². The zero-order valence-electron chi connectivity index (χ0n) is 7.67. The Labute approximate surface area is 72.7 Å². The van der Waals surface area contributed by atoms with Crippen molar-refractivity contribution in [3.05, 3.63) is 0 Å². The molecule has 1 aliphatic heterocycles. The van der Waals surface area contributed by atoms with Crippen LogP contribution in [-0.4, -0.2) is 37.6 Å². The molecule has 3 nitrogen and oxygen atoms in total. The van der Waals surface area contributed by atoms with Crippen LogP contribution < -0.4 is 0 Å². The highest BCUT2D eigenvalue weighted by Gasteiger charge is 2.57. The third-order valence-corrected chi connectivity index (χ3v) is 3.16. The second kappa shape index (κ2) is 2.46. The first-order chi connectivity index (χ1) is 5.69. The number of rotatable bonds is 2. The number of likely N-dealkylation sites (tertiary alicyclic amines) is 1. The van der Waals surface area contributed by atoms with Gasteiger partial charge in [0.25, 0.3) is 0 Å². The predicted molar refractivity (Wildman–Crippen MR) is 44.7 cm³/mol. The van der Waals surface area contributed by atoms with E-state index in [1.165, 1.54) is 0 Å². The van der Waals surface area contributed by atoms with Gasteiger partial charge in [0.05, 0.1) is 18.1 Å². The predicted octanol–water partition coefficient (Wildman–Crippen LogP) is 0.644. The van der Waals surface area contributed by atoms with Gasteiger partial charge in [-0.15, -0.1) is 0 Å². The quantitative estimate of drug-likeness (QED) is 0.607. The summed E-state index contributed by atoms with van der Waals surface area (Å²) < 4.78 is 5.07. The number of hydrogen-bond acceptors (Lipinski definition) is 2. The standard InChI is InChI=1S/C9H15NO2/c1-10-7(6-12-2)5-9(3-4-9)8(10)11/h7H,3-6H2,1-2H3/t7-/m0/s1. The molecule has 3 heteroatoms. The van der Waals surface area contributed by atoms with E-state index in [1.807, 2.05) is 11.9 Å². The molecule has 0 unspecified atom stereocenters. The first-order valence-corrected chi connectivity index (χ1v) is 4.46. The summed E-state index contributed by atoms with van der Waals surface area (Å²) in [7, 11) is 3.58. The Balaban J connectivity index is 2.07. The fraction of sp³-hybridized carbons (Fsp3) is 0.889. The molecule has 2 rings (SSSR count). The van der Waals surface area contributed by atoms with E-state index in [0.29, 0.717) is 18.6 Å². The van der Waals surface area contributed by atoms with Gasteiger partial charge in [0.1, 0.15) is 0 Å². The topological polar surface area (TPSA) is 29.5 Å². The number of methoxy groups -OCH3 is 1. The van der Waals surface area contributed by atoms with Gasteiger partial charge >= 0.3 is 0 Å². The number of likely N-dealkylation sites (N-methyl/N-ethyl adjacent to an activating group) is 1. The highest BCUT2D eigenvalue weighted by atomic mass is 16.5. The zero-order chi connectivity index (χ0) is 8.77. The van der Waals surface area contributed by atoms with Crippen LogP contribution in [0.5, 0.6) is 0 Å². The average molecular weight is 169 g/mol. The monoisotopic (exact) mass is 169 g/mol. The van der Waals surface area contributed by atoms with E-state index in [-0.39, 0.29) is 5.41 Å². The lowest BCUT2D eigenvalue weighted by molar-refractivity contribution is -0.132. The molecule has 1 aliphatic carbocycles. The molecule has 0 bridgehead atoms. The van der Waals surface area contributed by atoms with Crippen LogP contribution in [0, 0.1) is 5.41 Å². The number of amides is 1. The lowest BCUT2D eigenvalue weighted by Crippen LogP contribution is -2.32. The van der Waals surface area contributed by atoms with Crippen molar-refractivity contribution < 1.29 is 9.53 Å². The molecule has 1 amide bonds. The molecule has 1 atom stereocenters. The van der Waals surface area contributed by atoms with Gasteiger partial charge in [-0.2, -0.15) is 0 Å². The van der Waals surface area contributed by atoms with Crippen LogP contribution in [0.2, 0.25) is 0 Å². The second-order valence-electron chi connectivity index (χ2n) is 4.01. The van der Waals surface area contributed by atoms with Gasteiger partial charge in [-0.3, -0.25) is 4.79 Å². The SMILES string of the molecule is COC[C@@H]1CC2(CC2)C(=O)N1C. The normalized spacial score (nSPS) is 31.7. The number of hydrogen-bond donors (Lipinski definition) is 0. The second-order valence-corrected chi connectivity index (χ2v) is 4.01. The minimum Gasteiger partial charge on any atom is -0.383 e. The number of carbonyl (C=O) groups is 1. The third kappa shape index (κ3) is 0.959. The maximum absolute atomic E-state index is 11.6. The van der Waals surface area contributed by atoms with Crippen molar-refractivity contribution in [3.63, 3.8) is 0 Å². The van der Waals surface area contributed by atoms with E-state index in [2.05, 4.69) is 0 Å². The summed E-state index contributed by atoms with van der Waals surface area (Å²) in [4.78, 5) is 13.5. The molecule has 0 radical (unpaired) electrons. The molecular weight excluding hydrogens is 154 g/mol. The van der Waals surface area contributed by atoms with E-state index < -0.39 is 0 Å². The molecule has 12 heavy (non-hydrogen) atoms. The summed E-state index contributed by atoms with van der Waals surface area (Å²) in [5, 5.41) is 0. The van der Waals surface area contributed by atoms with Crippen molar-refractivity contribution in [1.29, 1.82) is 0 Å². The Morgan fingerprint density at radius 2 is 2.33 bits per heavy atom. The zero-order valence-corrected chi connectivity index (χ0v) is 7.67. The minimum absolute atomic E-state index is 0.0535. The summed E-state index contributed by atoms with van der Waals surface area (Å²) in [6.45, 7) is 0.685. The molecule has 0 aromatic rings. The van der Waals surface area contributed by atoms with Crippen LogP contribution >= 0.6 is 0 Å². The van der Waals surface area contributed by atoms with Crippen molar-refractivity contribution in [2.45, 2.75) is 25.3 Å². The van der Waals surface area contributed by atoms with E-state index in [4.69, 9.17) is 4.74 Å². The van der Waals surface area contributed by atoms with Crippen LogP contribution in [0.4, 0.5) is 0 Å². The molecule has 0 aromatic carbocycles. The molecule has 2 fully saturated rings. The fourth-order valence-corrected chi connectivity index (χ4v) is 2.15. The lowest BCUT2D eigenvalue weighted by Gasteiger charge is -2.18. The molecule has 1 saturated carbocycles. The minimum atomic E-state index is 0.0535. The number of ether oxygens (including phenoxy) is 1. The van der Waals surface area contributed by atoms with Gasteiger partial charge in [-0.05, 0) is 19.3 Å². The van der Waals surface area contributed by atoms with Gasteiger partial charge < -0.3 is 9.64 Å². The van der Waals surface area contributed by atoms with Crippen LogP contribution in [0.25, 0.3) is 0 Å². The smallest absolute Gasteiger partial charge is 0.228 e. The van der Waals surface area contributed by atoms with Gasteiger partial charge in [0.2, 0.25) is 5.91 Å². The van der Waals surface area contributed by atoms with Gasteiger partial charge in [-0.1, -0.05) is 0 Å². The van der Waals surface area contributed by atoms with E-state index >= 15 is 0 Å². The lowest BCUT2D eigenvalue weighted by atomic mass is 10.0. The molecule has 0 N–H and O–H groups in total. The van der Waals surface area contributed by atoms with Crippen LogP contribution in [0.1, 0.15) is 19.3 Å². The maximum atomic E-state index is 11.6. The highest BCUT2D eigenvalue weighted by molar-refractivity contribution is 5.87. The van der Waals surface area contributed by atoms with Crippen LogP contribution in [0.15, 0.2) is 0 Å². The van der Waals surface area contributed by atoms with E-state index in [0.717, 1.165) is 19.3 Å². The van der Waals surface area contributed by atoms with Gasteiger partial charge in [0.15, 0.2) is 0 Å². The van der Waals surface area contributed by atoms with Gasteiger partial charge in [-0.25, -0.2) is 0 Å². The Hall–Kier alpha value is -0.570. The van der Waals surface area contributed by atoms with Crippen molar-refractivity contribution in [2.75, 3.05) is 20.8 Å². The molecule has 1 heterocycles. The molecule has 0 aromatic heterocycles. The number of nitrogens with zero attached hydrogens (tertiary/aromatic N) is 1. The van der Waals surface area contributed by atoms with Crippen LogP contribution in [0.3, 0.4) is 0 Å². The highest BCUT2D eigenvalue weighted by Crippen LogP contribution is 2.55. The summed E-state index contributed by atoms with van der Waals surface area (Å²) in [6, 6.07) is 0.324. The van der Waals surface area contributed by atoms with Crippen molar-refractivity contribution in [2.24, 2.45) is 5.41 Å². The third-order valence-electron chi connectivity index (χ3n) is 3.16. The summed E-state index contributed by atoms with van der Waals surface area (Å²) in [5.41, 5.74) is 0.0535. The molecule has 1 spiro atoms. The van der Waals surface area contributed by atoms with Crippen LogP contribution in [-0.2, 0) is 9.53 Å². The molecule has 68 valence electrons. The van der Waals surface area contributed by atoms with Crippen molar-refractivity contribution in [1.82, 2.24) is 4.90 Å². The first kappa shape index (κ1) is 8.05. The molecule has 1 saturated heterocycles. The Kier molecular flexibility index (Phi) is 1.65. The van der Waals surface area contributed by atoms with Gasteiger partial charge in [0, 0.05) is 14.2 Å². The fourth-order valence-electron chi connectivity index (χ4n) is 2.15. The largest absolute Gasteiger partial charge is 0.383 e.